The molecular formula is C23H34O3. The first-order valence-electron chi connectivity index (χ1n) is 8.71. The van der Waals surface area contributed by atoms with Crippen LogP contribution in [0.15, 0.2) is 36.4 Å². The van der Waals surface area contributed by atoms with E-state index in [9.17, 15) is 5.11 Å². The minimum absolute atomic E-state index is 0.156. The SMILES string of the molecule is C=O.CC(C)(C)c1ccc(O)cc1.Cc1cc(C(C)(C)C)cc(C)c1O. The zero-order valence-corrected chi connectivity index (χ0v) is 17.5. The number of rotatable bonds is 0. The summed E-state index contributed by atoms with van der Waals surface area (Å²) in [6, 6.07) is 11.5. The number of carbonyl (C=O) groups excluding carboxylic acids is 1. The lowest BCUT2D eigenvalue weighted by molar-refractivity contribution is -0.0979. The monoisotopic (exact) mass is 358 g/mol. The van der Waals surface area contributed by atoms with Crippen molar-refractivity contribution in [1.82, 2.24) is 0 Å². The van der Waals surface area contributed by atoms with Gasteiger partial charge in [-0.25, -0.2) is 0 Å². The number of aryl methyl sites for hydroxylation is 2. The average molecular weight is 359 g/mol. The van der Waals surface area contributed by atoms with Crippen LogP contribution in [0.4, 0.5) is 0 Å². The Balaban J connectivity index is 0.000000444. The van der Waals surface area contributed by atoms with E-state index in [1.165, 1.54) is 11.1 Å². The molecule has 0 spiro atoms. The second-order valence-electron chi connectivity index (χ2n) is 8.51. The lowest BCUT2D eigenvalue weighted by Crippen LogP contribution is -2.11. The fourth-order valence-electron chi connectivity index (χ4n) is 2.35. The number of phenolic OH excluding ortho intramolecular Hbond substituents is 2. The van der Waals surface area contributed by atoms with Crippen molar-refractivity contribution in [2.75, 3.05) is 0 Å². The Bertz CT molecular complexity index is 664. The Kier molecular flexibility index (Phi) is 8.59. The van der Waals surface area contributed by atoms with E-state index in [0.29, 0.717) is 11.5 Å². The molecule has 0 amide bonds. The van der Waals surface area contributed by atoms with Crippen LogP contribution in [0.5, 0.6) is 11.5 Å². The highest BCUT2D eigenvalue weighted by molar-refractivity contribution is 5.44. The van der Waals surface area contributed by atoms with Gasteiger partial charge in [0.15, 0.2) is 0 Å². The molecule has 0 bridgehead atoms. The summed E-state index contributed by atoms with van der Waals surface area (Å²) in [4.78, 5) is 8.00. The van der Waals surface area contributed by atoms with Crippen molar-refractivity contribution in [2.24, 2.45) is 0 Å². The fourth-order valence-corrected chi connectivity index (χ4v) is 2.35. The van der Waals surface area contributed by atoms with Crippen LogP contribution in [0.2, 0.25) is 0 Å². The number of phenols is 2. The molecule has 2 aromatic carbocycles. The summed E-state index contributed by atoms with van der Waals surface area (Å²) >= 11 is 0. The summed E-state index contributed by atoms with van der Waals surface area (Å²) in [5, 5.41) is 18.6. The summed E-state index contributed by atoms with van der Waals surface area (Å²) in [6.45, 7) is 18.9. The zero-order valence-electron chi connectivity index (χ0n) is 17.5. The molecule has 0 aromatic heterocycles. The van der Waals surface area contributed by atoms with Crippen molar-refractivity contribution < 1.29 is 15.0 Å². The van der Waals surface area contributed by atoms with Crippen molar-refractivity contribution in [1.29, 1.82) is 0 Å². The quantitative estimate of drug-likeness (QED) is 0.624. The van der Waals surface area contributed by atoms with Gasteiger partial charge in [0.25, 0.3) is 0 Å². The molecule has 0 aliphatic carbocycles. The molecular weight excluding hydrogens is 324 g/mol. The first-order chi connectivity index (χ1) is 11.8. The molecule has 144 valence electrons. The molecule has 0 unspecified atom stereocenters. The Morgan fingerprint density at radius 1 is 0.692 bits per heavy atom. The van der Waals surface area contributed by atoms with E-state index in [1.807, 2.05) is 32.8 Å². The lowest BCUT2D eigenvalue weighted by Gasteiger charge is -2.20. The van der Waals surface area contributed by atoms with Crippen molar-refractivity contribution in [2.45, 2.75) is 66.2 Å². The smallest absolute Gasteiger partial charge is 0.121 e. The van der Waals surface area contributed by atoms with Gasteiger partial charge in [-0.05, 0) is 59.1 Å². The maximum absolute atomic E-state index is 9.60. The summed E-state index contributed by atoms with van der Waals surface area (Å²) in [5.41, 5.74) is 4.78. The highest BCUT2D eigenvalue weighted by atomic mass is 16.3. The highest BCUT2D eigenvalue weighted by Crippen LogP contribution is 2.29. The molecule has 0 aliphatic heterocycles. The number of carbonyl (C=O) groups is 1. The van der Waals surface area contributed by atoms with Gasteiger partial charge >= 0.3 is 0 Å². The first-order valence-corrected chi connectivity index (χ1v) is 8.71. The Morgan fingerprint density at radius 3 is 1.35 bits per heavy atom. The van der Waals surface area contributed by atoms with Gasteiger partial charge in [-0.15, -0.1) is 0 Å². The van der Waals surface area contributed by atoms with Gasteiger partial charge in [0, 0.05) is 0 Å². The first kappa shape index (κ1) is 23.7. The summed E-state index contributed by atoms with van der Waals surface area (Å²) in [6.07, 6.45) is 0. The maximum atomic E-state index is 9.60. The van der Waals surface area contributed by atoms with Crippen LogP contribution >= 0.6 is 0 Å². The second kappa shape index (κ2) is 9.42. The molecule has 2 rings (SSSR count). The Hall–Kier alpha value is -2.29. The number of benzene rings is 2. The zero-order chi connectivity index (χ0) is 20.7. The van der Waals surface area contributed by atoms with E-state index in [-0.39, 0.29) is 10.8 Å². The molecule has 2 N–H and O–H groups in total. The summed E-state index contributed by atoms with van der Waals surface area (Å²) < 4.78 is 0. The highest BCUT2D eigenvalue weighted by Gasteiger charge is 2.15. The minimum atomic E-state index is 0.156. The molecule has 0 aliphatic rings. The maximum Gasteiger partial charge on any atom is 0.121 e. The Morgan fingerprint density at radius 2 is 1.04 bits per heavy atom. The molecule has 3 nitrogen and oxygen atoms in total. The van der Waals surface area contributed by atoms with Crippen LogP contribution in [0, 0.1) is 13.8 Å². The third-order valence-corrected chi connectivity index (χ3v) is 4.09. The van der Waals surface area contributed by atoms with E-state index >= 15 is 0 Å². The largest absolute Gasteiger partial charge is 0.508 e. The van der Waals surface area contributed by atoms with Crippen molar-refractivity contribution >= 4 is 6.79 Å². The standard InChI is InChI=1S/C12H18O.C10H14O.CH2O/c1-8-6-10(12(3,4)5)7-9(2)11(8)13;1-10(2,3)8-4-6-9(11)7-5-8;1-2/h6-7,13H,1-5H3;4-7,11H,1-3H3;1H2. The van der Waals surface area contributed by atoms with Crippen molar-refractivity contribution in [3.05, 3.63) is 58.7 Å². The van der Waals surface area contributed by atoms with E-state index in [0.717, 1.165) is 11.1 Å². The topological polar surface area (TPSA) is 57.5 Å². The average Bonchev–Trinajstić information content (AvgIpc) is 2.53. The molecule has 0 radical (unpaired) electrons. The molecule has 0 atom stereocenters. The third kappa shape index (κ3) is 7.30. The second-order valence-corrected chi connectivity index (χ2v) is 8.51. The molecule has 0 heterocycles. The number of hydrogen-bond donors (Lipinski definition) is 2. The van der Waals surface area contributed by atoms with Crippen LogP contribution in [0.3, 0.4) is 0 Å². The molecule has 0 saturated carbocycles. The Labute approximate surface area is 158 Å². The minimum Gasteiger partial charge on any atom is -0.508 e. The van der Waals surface area contributed by atoms with E-state index < -0.39 is 0 Å². The van der Waals surface area contributed by atoms with Crippen LogP contribution in [-0.2, 0) is 15.6 Å². The van der Waals surface area contributed by atoms with Gasteiger partial charge in [-0.1, -0.05) is 65.8 Å². The molecule has 3 heteroatoms. The fraction of sp³-hybridized carbons (Fsp3) is 0.435. The van der Waals surface area contributed by atoms with Crippen molar-refractivity contribution in [3.63, 3.8) is 0 Å². The molecule has 0 saturated heterocycles. The van der Waals surface area contributed by atoms with Crippen LogP contribution in [0.25, 0.3) is 0 Å². The van der Waals surface area contributed by atoms with E-state index in [4.69, 9.17) is 9.90 Å². The molecule has 2 aromatic rings. The van der Waals surface area contributed by atoms with Crippen LogP contribution in [-0.4, -0.2) is 17.0 Å². The van der Waals surface area contributed by atoms with E-state index in [1.54, 1.807) is 12.1 Å². The van der Waals surface area contributed by atoms with Crippen molar-refractivity contribution in [3.8, 4) is 11.5 Å². The normalized spacial score (nSPS) is 10.9. The predicted octanol–water partition coefficient (Wildman–Crippen LogP) is 5.81. The number of hydrogen-bond acceptors (Lipinski definition) is 3. The summed E-state index contributed by atoms with van der Waals surface area (Å²) in [5.74, 6) is 0.756. The van der Waals surface area contributed by atoms with E-state index in [2.05, 4.69) is 53.7 Å². The van der Waals surface area contributed by atoms with Crippen LogP contribution in [0.1, 0.15) is 63.8 Å². The third-order valence-electron chi connectivity index (χ3n) is 4.09. The van der Waals surface area contributed by atoms with Gasteiger partial charge in [0.1, 0.15) is 18.3 Å². The van der Waals surface area contributed by atoms with Gasteiger partial charge in [0.05, 0.1) is 0 Å². The van der Waals surface area contributed by atoms with Gasteiger partial charge in [-0.2, -0.15) is 0 Å². The van der Waals surface area contributed by atoms with Gasteiger partial charge in [-0.3, -0.25) is 0 Å². The molecule has 26 heavy (non-hydrogen) atoms. The number of aromatic hydroxyl groups is 2. The predicted molar refractivity (Wildman–Crippen MR) is 110 cm³/mol. The van der Waals surface area contributed by atoms with Gasteiger partial charge in [0.2, 0.25) is 0 Å². The van der Waals surface area contributed by atoms with Gasteiger partial charge < -0.3 is 15.0 Å². The molecule has 0 fully saturated rings. The lowest BCUT2D eigenvalue weighted by atomic mass is 9.85. The van der Waals surface area contributed by atoms with Crippen LogP contribution < -0.4 is 0 Å². The summed E-state index contributed by atoms with van der Waals surface area (Å²) in [7, 11) is 0.